The number of hydrogen-bond donors (Lipinski definition) is 0. The van der Waals surface area contributed by atoms with Crippen molar-refractivity contribution in [2.75, 3.05) is 7.11 Å². The Morgan fingerprint density at radius 1 is 1.38 bits per heavy atom. The Morgan fingerprint density at radius 2 is 2.23 bits per heavy atom. The number of methoxy groups -OCH3 is 1. The van der Waals surface area contributed by atoms with Crippen LogP contribution in [0.3, 0.4) is 0 Å². The molecule has 1 aromatic rings. The number of benzene rings is 1. The molecule has 0 radical (unpaired) electrons. The SMILES string of the molecule is COc1ccc2c(c1C=O)CCC2. The second kappa shape index (κ2) is 3.21. The summed E-state index contributed by atoms with van der Waals surface area (Å²) in [5, 5.41) is 0. The van der Waals surface area contributed by atoms with Gasteiger partial charge in [0.15, 0.2) is 6.29 Å². The summed E-state index contributed by atoms with van der Waals surface area (Å²) in [5.41, 5.74) is 3.25. The Morgan fingerprint density at radius 3 is 2.92 bits per heavy atom. The van der Waals surface area contributed by atoms with E-state index < -0.39 is 0 Å². The summed E-state index contributed by atoms with van der Waals surface area (Å²) in [6.07, 6.45) is 4.17. The minimum Gasteiger partial charge on any atom is -0.496 e. The van der Waals surface area contributed by atoms with Crippen LogP contribution in [0.4, 0.5) is 0 Å². The molecule has 0 aromatic heterocycles. The summed E-state index contributed by atoms with van der Waals surface area (Å²) < 4.78 is 5.13. The molecule has 0 N–H and O–H groups in total. The largest absolute Gasteiger partial charge is 0.496 e. The molecular formula is C11H12O2. The highest BCUT2D eigenvalue weighted by Crippen LogP contribution is 2.30. The van der Waals surface area contributed by atoms with Crippen molar-refractivity contribution < 1.29 is 9.53 Å². The first kappa shape index (κ1) is 8.30. The topological polar surface area (TPSA) is 26.3 Å². The van der Waals surface area contributed by atoms with E-state index >= 15 is 0 Å². The molecule has 1 aromatic carbocycles. The lowest BCUT2D eigenvalue weighted by atomic mass is 10.0. The van der Waals surface area contributed by atoms with Crippen molar-refractivity contribution in [1.29, 1.82) is 0 Å². The Kier molecular flexibility index (Phi) is 2.05. The van der Waals surface area contributed by atoms with E-state index in [0.717, 1.165) is 31.1 Å². The van der Waals surface area contributed by atoms with Gasteiger partial charge in [0.1, 0.15) is 5.75 Å². The summed E-state index contributed by atoms with van der Waals surface area (Å²) >= 11 is 0. The van der Waals surface area contributed by atoms with Gasteiger partial charge >= 0.3 is 0 Å². The molecule has 2 rings (SSSR count). The number of carbonyl (C=O) groups is 1. The molecule has 0 amide bonds. The average Bonchev–Trinajstić information content (AvgIpc) is 2.63. The van der Waals surface area contributed by atoms with Crippen LogP contribution in [0.2, 0.25) is 0 Å². The summed E-state index contributed by atoms with van der Waals surface area (Å²) in [7, 11) is 1.60. The minimum atomic E-state index is 0.704. The molecule has 0 bridgehead atoms. The van der Waals surface area contributed by atoms with E-state index in [2.05, 4.69) is 6.07 Å². The Balaban J connectivity index is 2.59. The van der Waals surface area contributed by atoms with Gasteiger partial charge in [-0.3, -0.25) is 4.79 Å². The number of aryl methyl sites for hydroxylation is 1. The quantitative estimate of drug-likeness (QED) is 0.644. The van der Waals surface area contributed by atoms with Crippen molar-refractivity contribution in [2.45, 2.75) is 19.3 Å². The molecule has 1 aliphatic carbocycles. The molecule has 68 valence electrons. The first-order valence-electron chi connectivity index (χ1n) is 4.50. The van der Waals surface area contributed by atoms with Crippen LogP contribution in [0.5, 0.6) is 5.75 Å². The Labute approximate surface area is 77.5 Å². The van der Waals surface area contributed by atoms with E-state index in [1.807, 2.05) is 6.07 Å². The van der Waals surface area contributed by atoms with E-state index in [1.165, 1.54) is 11.1 Å². The monoisotopic (exact) mass is 176 g/mol. The first-order chi connectivity index (χ1) is 6.36. The van der Waals surface area contributed by atoms with E-state index in [-0.39, 0.29) is 0 Å². The molecular weight excluding hydrogens is 164 g/mol. The van der Waals surface area contributed by atoms with E-state index in [9.17, 15) is 4.79 Å². The van der Waals surface area contributed by atoms with Crippen LogP contribution in [0.15, 0.2) is 12.1 Å². The van der Waals surface area contributed by atoms with Crippen molar-refractivity contribution in [2.24, 2.45) is 0 Å². The third-order valence-electron chi connectivity index (χ3n) is 2.62. The van der Waals surface area contributed by atoms with Crippen molar-refractivity contribution in [1.82, 2.24) is 0 Å². The van der Waals surface area contributed by atoms with Crippen molar-refractivity contribution in [3.05, 3.63) is 28.8 Å². The predicted molar refractivity (Wildman–Crippen MR) is 50.4 cm³/mol. The highest BCUT2D eigenvalue weighted by Gasteiger charge is 2.17. The van der Waals surface area contributed by atoms with Gasteiger partial charge in [-0.05, 0) is 36.5 Å². The lowest BCUT2D eigenvalue weighted by Gasteiger charge is -2.07. The van der Waals surface area contributed by atoms with Crippen LogP contribution >= 0.6 is 0 Å². The predicted octanol–water partition coefficient (Wildman–Crippen LogP) is 2.00. The molecule has 0 fully saturated rings. The maximum atomic E-state index is 10.9. The van der Waals surface area contributed by atoms with E-state index in [1.54, 1.807) is 7.11 Å². The number of hydrogen-bond acceptors (Lipinski definition) is 2. The van der Waals surface area contributed by atoms with Crippen LogP contribution in [-0.4, -0.2) is 13.4 Å². The minimum absolute atomic E-state index is 0.704. The Bertz CT molecular complexity index is 342. The van der Waals surface area contributed by atoms with Gasteiger partial charge < -0.3 is 4.74 Å². The van der Waals surface area contributed by atoms with Crippen LogP contribution < -0.4 is 4.74 Å². The molecule has 0 spiro atoms. The third-order valence-corrected chi connectivity index (χ3v) is 2.62. The number of ether oxygens (including phenoxy) is 1. The summed E-state index contributed by atoms with van der Waals surface area (Å²) in [6.45, 7) is 0. The molecule has 0 atom stereocenters. The average molecular weight is 176 g/mol. The summed E-state index contributed by atoms with van der Waals surface area (Å²) in [5.74, 6) is 0.704. The molecule has 13 heavy (non-hydrogen) atoms. The van der Waals surface area contributed by atoms with Crippen molar-refractivity contribution in [3.8, 4) is 5.75 Å². The fourth-order valence-electron chi connectivity index (χ4n) is 1.98. The standard InChI is InChI=1S/C11H12O2/c1-13-11-6-5-8-3-2-4-9(8)10(11)7-12/h5-7H,2-4H2,1H3. The van der Waals surface area contributed by atoms with Crippen LogP contribution in [0.25, 0.3) is 0 Å². The van der Waals surface area contributed by atoms with Crippen LogP contribution in [-0.2, 0) is 12.8 Å². The normalized spacial score (nSPS) is 13.9. The second-order valence-electron chi connectivity index (χ2n) is 3.29. The number of fused-ring (bicyclic) bond motifs is 1. The summed E-state index contributed by atoms with van der Waals surface area (Å²) in [6, 6.07) is 3.95. The van der Waals surface area contributed by atoms with Crippen molar-refractivity contribution in [3.63, 3.8) is 0 Å². The molecule has 0 saturated carbocycles. The Hall–Kier alpha value is -1.31. The van der Waals surface area contributed by atoms with Gasteiger partial charge in [0.25, 0.3) is 0 Å². The number of aldehydes is 1. The van der Waals surface area contributed by atoms with Crippen molar-refractivity contribution >= 4 is 6.29 Å². The molecule has 1 aliphatic rings. The maximum Gasteiger partial charge on any atom is 0.154 e. The van der Waals surface area contributed by atoms with Gasteiger partial charge in [0, 0.05) is 0 Å². The molecule has 2 heteroatoms. The lowest BCUT2D eigenvalue weighted by molar-refractivity contribution is 0.112. The molecule has 0 aliphatic heterocycles. The van der Waals surface area contributed by atoms with Gasteiger partial charge in [-0.2, -0.15) is 0 Å². The molecule has 0 heterocycles. The van der Waals surface area contributed by atoms with E-state index in [0.29, 0.717) is 5.75 Å². The number of carbonyl (C=O) groups excluding carboxylic acids is 1. The van der Waals surface area contributed by atoms with Gasteiger partial charge in [0.05, 0.1) is 12.7 Å². The highest BCUT2D eigenvalue weighted by molar-refractivity contribution is 5.82. The fourth-order valence-corrected chi connectivity index (χ4v) is 1.98. The molecule has 0 unspecified atom stereocenters. The van der Waals surface area contributed by atoms with Gasteiger partial charge in [-0.1, -0.05) is 6.07 Å². The van der Waals surface area contributed by atoms with Gasteiger partial charge in [-0.15, -0.1) is 0 Å². The number of rotatable bonds is 2. The molecule has 0 saturated heterocycles. The van der Waals surface area contributed by atoms with Crippen LogP contribution in [0, 0.1) is 0 Å². The fraction of sp³-hybridized carbons (Fsp3) is 0.364. The lowest BCUT2D eigenvalue weighted by Crippen LogP contribution is -1.96. The van der Waals surface area contributed by atoms with E-state index in [4.69, 9.17) is 4.74 Å². The zero-order chi connectivity index (χ0) is 9.26. The smallest absolute Gasteiger partial charge is 0.154 e. The molecule has 2 nitrogen and oxygen atoms in total. The first-order valence-corrected chi connectivity index (χ1v) is 4.50. The zero-order valence-electron chi connectivity index (χ0n) is 7.67. The maximum absolute atomic E-state index is 10.9. The van der Waals surface area contributed by atoms with Gasteiger partial charge in [-0.25, -0.2) is 0 Å². The summed E-state index contributed by atoms with van der Waals surface area (Å²) in [4.78, 5) is 10.9. The van der Waals surface area contributed by atoms with Gasteiger partial charge in [0.2, 0.25) is 0 Å². The third kappa shape index (κ3) is 1.22. The van der Waals surface area contributed by atoms with Crippen LogP contribution in [0.1, 0.15) is 27.9 Å². The second-order valence-corrected chi connectivity index (χ2v) is 3.29. The zero-order valence-corrected chi connectivity index (χ0v) is 7.67. The highest BCUT2D eigenvalue weighted by atomic mass is 16.5.